The van der Waals surface area contributed by atoms with Crippen LogP contribution in [0.4, 0.5) is 0 Å². The molecule has 1 aromatic rings. The maximum Gasteiger partial charge on any atom is 0.143 e. The highest BCUT2D eigenvalue weighted by Gasteiger charge is 2.63. The van der Waals surface area contributed by atoms with Gasteiger partial charge in [0.15, 0.2) is 0 Å². The van der Waals surface area contributed by atoms with Crippen molar-refractivity contribution in [2.75, 3.05) is 26.7 Å². The van der Waals surface area contributed by atoms with Gasteiger partial charge in [-0.3, -0.25) is 4.79 Å². The Morgan fingerprint density at radius 2 is 2.15 bits per heavy atom. The van der Waals surface area contributed by atoms with Crippen molar-refractivity contribution in [3.05, 3.63) is 29.3 Å². The molecule has 0 amide bonds. The molecule has 1 saturated heterocycles. The second-order valence-corrected chi connectivity index (χ2v) is 9.08. The Morgan fingerprint density at radius 3 is 2.88 bits per heavy atom. The molecule has 0 N–H and O–H groups in total. The molecule has 4 aliphatic rings. The lowest BCUT2D eigenvalue weighted by molar-refractivity contribution is -0.140. The summed E-state index contributed by atoms with van der Waals surface area (Å²) in [5.41, 5.74) is 2.60. The molecule has 138 valence electrons. The Balaban J connectivity index is 1.58. The second kappa shape index (κ2) is 5.66. The fraction of sp³-hybridized carbons (Fsp3) is 0.636. The lowest BCUT2D eigenvalue weighted by Gasteiger charge is -2.57. The van der Waals surface area contributed by atoms with E-state index in [0.29, 0.717) is 12.8 Å². The number of methoxy groups -OCH3 is 1. The minimum absolute atomic E-state index is 0.0221. The summed E-state index contributed by atoms with van der Waals surface area (Å²) in [5, 5.41) is 0. The Labute approximate surface area is 154 Å². The number of hydrogen-bond donors (Lipinski definition) is 0. The number of carbonyl (C=O) groups is 2. The number of aldehydes is 1. The van der Waals surface area contributed by atoms with Crippen LogP contribution in [0.2, 0.25) is 0 Å². The number of benzene rings is 1. The fourth-order valence-electron chi connectivity index (χ4n) is 6.18. The number of rotatable bonds is 4. The van der Waals surface area contributed by atoms with Crippen molar-refractivity contribution in [3.8, 4) is 5.75 Å². The average Bonchev–Trinajstić information content (AvgIpc) is 3.41. The van der Waals surface area contributed by atoms with Gasteiger partial charge in [0, 0.05) is 24.9 Å². The van der Waals surface area contributed by atoms with E-state index in [4.69, 9.17) is 4.74 Å². The molecule has 3 unspecified atom stereocenters. The number of nitrogens with zero attached hydrogens (tertiary/aromatic N) is 1. The molecule has 3 atom stereocenters. The smallest absolute Gasteiger partial charge is 0.143 e. The third kappa shape index (κ3) is 2.24. The first-order valence-electron chi connectivity index (χ1n) is 9.97. The third-order valence-electron chi connectivity index (χ3n) is 7.64. The fourth-order valence-corrected chi connectivity index (χ4v) is 6.18. The zero-order chi connectivity index (χ0) is 17.9. The van der Waals surface area contributed by atoms with E-state index in [1.165, 1.54) is 30.5 Å². The van der Waals surface area contributed by atoms with E-state index in [0.717, 1.165) is 43.9 Å². The number of Topliss-reactive ketones (excluding diaryl/α,β-unsaturated/α-hetero) is 1. The second-order valence-electron chi connectivity index (χ2n) is 9.08. The zero-order valence-corrected chi connectivity index (χ0v) is 15.5. The molecule has 1 aromatic carbocycles. The third-order valence-corrected chi connectivity index (χ3v) is 7.64. The summed E-state index contributed by atoms with van der Waals surface area (Å²) in [6.45, 7) is 3.28. The number of ether oxygens (including phenoxy) is 1. The van der Waals surface area contributed by atoms with Crippen LogP contribution in [0.1, 0.15) is 43.2 Å². The molecule has 0 bridgehead atoms. The summed E-state index contributed by atoms with van der Waals surface area (Å²) in [5.74, 6) is 1.47. The number of carbonyl (C=O) groups excluding carboxylic acids is 2. The topological polar surface area (TPSA) is 46.6 Å². The van der Waals surface area contributed by atoms with Gasteiger partial charge in [-0.2, -0.15) is 0 Å². The van der Waals surface area contributed by atoms with Crippen LogP contribution >= 0.6 is 0 Å². The van der Waals surface area contributed by atoms with Gasteiger partial charge >= 0.3 is 0 Å². The lowest BCUT2D eigenvalue weighted by Crippen LogP contribution is -2.61. The van der Waals surface area contributed by atoms with Crippen LogP contribution in [0.3, 0.4) is 0 Å². The van der Waals surface area contributed by atoms with E-state index in [1.54, 1.807) is 7.11 Å². The Hall–Kier alpha value is -1.68. The molecule has 1 aliphatic heterocycles. The highest BCUT2D eigenvalue weighted by atomic mass is 16.5. The average molecular weight is 353 g/mol. The predicted octanol–water partition coefficient (Wildman–Crippen LogP) is 2.77. The first-order chi connectivity index (χ1) is 12.6. The number of fused-ring (bicyclic) bond motifs is 1. The summed E-state index contributed by atoms with van der Waals surface area (Å²) in [4.78, 5) is 27.0. The first-order valence-corrected chi connectivity index (χ1v) is 9.97. The van der Waals surface area contributed by atoms with Gasteiger partial charge in [-0.1, -0.05) is 6.07 Å². The monoisotopic (exact) mass is 353 g/mol. The molecule has 0 spiro atoms. The van der Waals surface area contributed by atoms with E-state index in [2.05, 4.69) is 17.0 Å². The zero-order valence-electron chi connectivity index (χ0n) is 15.5. The van der Waals surface area contributed by atoms with Gasteiger partial charge in [0.05, 0.1) is 13.0 Å². The standard InChI is InChI=1S/C22H27NO3/c1-26-18-5-4-16-9-21-10-17(13-24)20(25)11-22(21,19(16)8-18)6-7-23(14-21)12-15-2-3-15/h4-5,8,13,15,17H,2-3,6-7,9-12,14H2,1H3. The lowest BCUT2D eigenvalue weighted by atomic mass is 9.51. The van der Waals surface area contributed by atoms with Crippen LogP contribution in [0.25, 0.3) is 0 Å². The Morgan fingerprint density at radius 1 is 1.31 bits per heavy atom. The normalized spacial score (nSPS) is 36.2. The summed E-state index contributed by atoms with van der Waals surface area (Å²) in [7, 11) is 1.70. The summed E-state index contributed by atoms with van der Waals surface area (Å²) in [6, 6.07) is 6.39. The van der Waals surface area contributed by atoms with Crippen LogP contribution < -0.4 is 4.74 Å². The Kier molecular flexibility index (Phi) is 3.59. The largest absolute Gasteiger partial charge is 0.497 e. The van der Waals surface area contributed by atoms with Crippen LogP contribution in [0, 0.1) is 17.3 Å². The molecule has 3 fully saturated rings. The summed E-state index contributed by atoms with van der Waals surface area (Å²) in [6.07, 6.45) is 6.89. The van der Waals surface area contributed by atoms with Crippen molar-refractivity contribution >= 4 is 12.1 Å². The van der Waals surface area contributed by atoms with Gasteiger partial charge in [-0.05, 0) is 73.2 Å². The molecule has 2 saturated carbocycles. The highest BCUT2D eigenvalue weighted by Crippen LogP contribution is 2.63. The SMILES string of the molecule is COc1ccc2c(c1)C13CCN(CC4CC4)CC1(C2)CC(C=O)C(=O)C3. The molecule has 0 radical (unpaired) electrons. The number of ketones is 1. The van der Waals surface area contributed by atoms with Crippen LogP contribution in [0.15, 0.2) is 18.2 Å². The maximum atomic E-state index is 12.8. The van der Waals surface area contributed by atoms with Gasteiger partial charge < -0.3 is 14.4 Å². The van der Waals surface area contributed by atoms with Crippen molar-refractivity contribution in [2.45, 2.75) is 43.9 Å². The van der Waals surface area contributed by atoms with Gasteiger partial charge in [-0.25, -0.2) is 0 Å². The molecular formula is C22H27NO3. The number of hydrogen-bond acceptors (Lipinski definition) is 4. The maximum absolute atomic E-state index is 12.8. The Bertz CT molecular complexity index is 771. The van der Waals surface area contributed by atoms with Crippen molar-refractivity contribution in [1.29, 1.82) is 0 Å². The highest BCUT2D eigenvalue weighted by molar-refractivity contribution is 5.95. The van der Waals surface area contributed by atoms with Crippen LogP contribution in [-0.4, -0.2) is 43.7 Å². The molecule has 5 rings (SSSR count). The molecule has 1 heterocycles. The minimum atomic E-state index is -0.416. The van der Waals surface area contributed by atoms with Crippen LogP contribution in [-0.2, 0) is 21.4 Å². The van der Waals surface area contributed by atoms with E-state index in [1.807, 2.05) is 6.07 Å². The van der Waals surface area contributed by atoms with E-state index in [-0.39, 0.29) is 16.6 Å². The summed E-state index contributed by atoms with van der Waals surface area (Å²) >= 11 is 0. The number of piperidine rings is 1. The van der Waals surface area contributed by atoms with Gasteiger partial charge in [0.1, 0.15) is 17.8 Å². The van der Waals surface area contributed by atoms with Gasteiger partial charge in [0.25, 0.3) is 0 Å². The van der Waals surface area contributed by atoms with E-state index >= 15 is 0 Å². The minimum Gasteiger partial charge on any atom is -0.497 e. The molecule has 0 aromatic heterocycles. The van der Waals surface area contributed by atoms with Crippen molar-refractivity contribution in [2.24, 2.45) is 17.3 Å². The number of likely N-dealkylation sites (tertiary alicyclic amines) is 1. The molecule has 4 heteroatoms. The van der Waals surface area contributed by atoms with Gasteiger partial charge in [0.2, 0.25) is 0 Å². The molecule has 26 heavy (non-hydrogen) atoms. The first kappa shape index (κ1) is 16.5. The summed E-state index contributed by atoms with van der Waals surface area (Å²) < 4.78 is 5.49. The molecule has 3 aliphatic carbocycles. The van der Waals surface area contributed by atoms with Crippen molar-refractivity contribution < 1.29 is 14.3 Å². The van der Waals surface area contributed by atoms with Crippen molar-refractivity contribution in [1.82, 2.24) is 4.90 Å². The molecular weight excluding hydrogens is 326 g/mol. The van der Waals surface area contributed by atoms with E-state index < -0.39 is 5.92 Å². The van der Waals surface area contributed by atoms with Gasteiger partial charge in [-0.15, -0.1) is 0 Å². The molecule has 4 nitrogen and oxygen atoms in total. The van der Waals surface area contributed by atoms with Crippen LogP contribution in [0.5, 0.6) is 5.75 Å². The quantitative estimate of drug-likeness (QED) is 0.617. The predicted molar refractivity (Wildman–Crippen MR) is 98.4 cm³/mol. The van der Waals surface area contributed by atoms with Crippen molar-refractivity contribution in [3.63, 3.8) is 0 Å². The van der Waals surface area contributed by atoms with E-state index in [9.17, 15) is 9.59 Å².